The van der Waals surface area contributed by atoms with E-state index in [0.29, 0.717) is 32.0 Å². The van der Waals surface area contributed by atoms with Crippen LogP contribution in [0.4, 0.5) is 11.5 Å². The summed E-state index contributed by atoms with van der Waals surface area (Å²) in [6.07, 6.45) is 0. The minimum absolute atomic E-state index is 0. The molecule has 1 fully saturated rings. The van der Waals surface area contributed by atoms with Crippen molar-refractivity contribution in [1.82, 2.24) is 15.2 Å². The molecule has 1 aromatic heterocycles. The number of primary amides is 1. The Morgan fingerprint density at radius 3 is 2.51 bits per heavy atom. The van der Waals surface area contributed by atoms with Crippen LogP contribution < -0.4 is 21.7 Å². The lowest BCUT2D eigenvalue weighted by atomic mass is 10.0. The molecule has 10 heteroatoms. The summed E-state index contributed by atoms with van der Waals surface area (Å²) < 4.78 is 0. The SMILES string of the molecule is Cc1nc(N)ccc1CNC(=O)[C@H](C)N1CCN(c2cccc3ccccc23)CC1C(N)=O.Cl.Cl. The Labute approximate surface area is 217 Å². The molecule has 2 amide bonds. The Hall–Kier alpha value is -3.07. The summed E-state index contributed by atoms with van der Waals surface area (Å²) in [5.74, 6) is -0.140. The third kappa shape index (κ3) is 6.14. The molecular weight excluding hydrogens is 487 g/mol. The molecule has 2 heterocycles. The predicted octanol–water partition coefficient (Wildman–Crippen LogP) is 2.65. The average Bonchev–Trinajstić information content (AvgIpc) is 2.82. The molecule has 1 unspecified atom stereocenters. The van der Waals surface area contributed by atoms with Crippen molar-refractivity contribution in [2.24, 2.45) is 5.73 Å². The summed E-state index contributed by atoms with van der Waals surface area (Å²) in [6.45, 7) is 5.69. The molecule has 1 saturated heterocycles. The zero-order chi connectivity index (χ0) is 23.5. The number of nitrogen functional groups attached to an aromatic ring is 1. The molecule has 0 spiro atoms. The quantitative estimate of drug-likeness (QED) is 0.461. The first kappa shape index (κ1) is 28.2. The number of anilines is 2. The number of carbonyl (C=O) groups excluding carboxylic acids is 2. The van der Waals surface area contributed by atoms with E-state index in [2.05, 4.69) is 39.5 Å². The Balaban J connectivity index is 0.00000216. The van der Waals surface area contributed by atoms with Gasteiger partial charge in [0, 0.05) is 42.9 Å². The Morgan fingerprint density at radius 2 is 1.80 bits per heavy atom. The van der Waals surface area contributed by atoms with Crippen molar-refractivity contribution in [2.75, 3.05) is 30.3 Å². The second kappa shape index (κ2) is 12.1. The zero-order valence-electron chi connectivity index (χ0n) is 19.8. The highest BCUT2D eigenvalue weighted by Gasteiger charge is 2.36. The molecule has 0 radical (unpaired) electrons. The van der Waals surface area contributed by atoms with Crippen molar-refractivity contribution >= 4 is 58.9 Å². The first-order valence-corrected chi connectivity index (χ1v) is 11.1. The molecule has 0 bridgehead atoms. The molecule has 2 atom stereocenters. The summed E-state index contributed by atoms with van der Waals surface area (Å²) in [5, 5.41) is 5.24. The van der Waals surface area contributed by atoms with Crippen molar-refractivity contribution < 1.29 is 9.59 Å². The lowest BCUT2D eigenvalue weighted by molar-refractivity contribution is -0.131. The molecular formula is C25H32Cl2N6O2. The van der Waals surface area contributed by atoms with Gasteiger partial charge in [0.2, 0.25) is 11.8 Å². The van der Waals surface area contributed by atoms with Crippen LogP contribution >= 0.6 is 24.8 Å². The minimum Gasteiger partial charge on any atom is -0.384 e. The molecule has 8 nitrogen and oxygen atoms in total. The summed E-state index contributed by atoms with van der Waals surface area (Å²) >= 11 is 0. The zero-order valence-corrected chi connectivity index (χ0v) is 21.4. The number of rotatable bonds is 6. The van der Waals surface area contributed by atoms with Gasteiger partial charge in [0.05, 0.1) is 6.04 Å². The summed E-state index contributed by atoms with van der Waals surface area (Å²) in [5.41, 5.74) is 14.2. The highest BCUT2D eigenvalue weighted by molar-refractivity contribution is 5.95. The number of nitrogens with two attached hydrogens (primary N) is 2. The van der Waals surface area contributed by atoms with Crippen LogP contribution in [0.5, 0.6) is 0 Å². The van der Waals surface area contributed by atoms with Crippen LogP contribution in [0.15, 0.2) is 54.6 Å². The van der Waals surface area contributed by atoms with Gasteiger partial charge in [0.25, 0.3) is 0 Å². The number of fused-ring (bicyclic) bond motifs is 1. The van der Waals surface area contributed by atoms with Crippen molar-refractivity contribution in [3.63, 3.8) is 0 Å². The molecule has 0 saturated carbocycles. The van der Waals surface area contributed by atoms with E-state index in [0.717, 1.165) is 27.7 Å². The smallest absolute Gasteiger partial charge is 0.237 e. The summed E-state index contributed by atoms with van der Waals surface area (Å²) in [4.78, 5) is 33.6. The lowest BCUT2D eigenvalue weighted by Crippen LogP contribution is -2.63. The Kier molecular flexibility index (Phi) is 9.71. The van der Waals surface area contributed by atoms with Crippen molar-refractivity contribution in [1.29, 1.82) is 0 Å². The average molecular weight is 519 g/mol. The van der Waals surface area contributed by atoms with Crippen molar-refractivity contribution in [3.8, 4) is 0 Å². The minimum atomic E-state index is -0.571. The Bertz CT molecular complexity index is 1190. The van der Waals surface area contributed by atoms with Gasteiger partial charge in [0.1, 0.15) is 11.9 Å². The van der Waals surface area contributed by atoms with Crippen LogP contribution in [-0.4, -0.2) is 53.4 Å². The fraction of sp³-hybridized carbons (Fsp3) is 0.320. The molecule has 4 rings (SSSR count). The summed E-state index contributed by atoms with van der Waals surface area (Å²) in [6, 6.07) is 16.8. The third-order valence-corrected chi connectivity index (χ3v) is 6.40. The number of aromatic nitrogens is 1. The number of amides is 2. The molecule has 35 heavy (non-hydrogen) atoms. The molecule has 2 aromatic carbocycles. The maximum atomic E-state index is 12.9. The number of nitrogens with zero attached hydrogens (tertiary/aromatic N) is 3. The number of aryl methyl sites for hydroxylation is 1. The van der Waals surface area contributed by atoms with Gasteiger partial charge in [-0.25, -0.2) is 4.98 Å². The maximum Gasteiger partial charge on any atom is 0.237 e. The standard InChI is InChI=1S/C25H30N6O2.2ClH/c1-16-19(10-11-23(26)29-16)14-28-25(33)17(2)31-13-12-30(15-22(31)24(27)32)21-9-5-7-18-6-3-4-8-20(18)21;;/h3-11,17,22H,12-15H2,1-2H3,(H2,26,29)(H2,27,32)(H,28,33);2*1H/t17-,22?;;/m0../s1. The Morgan fingerprint density at radius 1 is 1.09 bits per heavy atom. The largest absolute Gasteiger partial charge is 0.384 e. The summed E-state index contributed by atoms with van der Waals surface area (Å²) in [7, 11) is 0. The molecule has 5 N–H and O–H groups in total. The fourth-order valence-electron chi connectivity index (χ4n) is 4.49. The van der Waals surface area contributed by atoms with E-state index in [1.807, 2.05) is 43.0 Å². The number of halogens is 2. The molecule has 0 aliphatic carbocycles. The number of nitrogens with one attached hydrogen (secondary N) is 1. The van der Waals surface area contributed by atoms with Gasteiger partial charge in [-0.3, -0.25) is 14.5 Å². The van der Waals surface area contributed by atoms with Gasteiger partial charge < -0.3 is 21.7 Å². The van der Waals surface area contributed by atoms with Crippen LogP contribution in [0.3, 0.4) is 0 Å². The molecule has 3 aromatic rings. The van der Waals surface area contributed by atoms with Gasteiger partial charge in [0.15, 0.2) is 0 Å². The van der Waals surface area contributed by atoms with E-state index in [-0.39, 0.29) is 30.7 Å². The van der Waals surface area contributed by atoms with E-state index in [1.165, 1.54) is 0 Å². The second-order valence-corrected chi connectivity index (χ2v) is 8.47. The molecule has 188 valence electrons. The molecule has 1 aliphatic rings. The van der Waals surface area contributed by atoms with Gasteiger partial charge in [-0.1, -0.05) is 42.5 Å². The number of carbonyl (C=O) groups is 2. The van der Waals surface area contributed by atoms with E-state index >= 15 is 0 Å². The normalized spacial score (nSPS) is 16.6. The fourth-order valence-corrected chi connectivity index (χ4v) is 4.49. The van der Waals surface area contributed by atoms with Crippen LogP contribution in [0.25, 0.3) is 10.8 Å². The second-order valence-electron chi connectivity index (χ2n) is 8.47. The van der Waals surface area contributed by atoms with Crippen molar-refractivity contribution in [3.05, 3.63) is 65.9 Å². The van der Waals surface area contributed by atoms with E-state index in [1.54, 1.807) is 6.07 Å². The van der Waals surface area contributed by atoms with Gasteiger partial charge in [-0.2, -0.15) is 0 Å². The topological polar surface area (TPSA) is 118 Å². The van der Waals surface area contributed by atoms with Crippen LogP contribution in [-0.2, 0) is 16.1 Å². The maximum absolute atomic E-state index is 12.9. The predicted molar refractivity (Wildman–Crippen MR) is 145 cm³/mol. The van der Waals surface area contributed by atoms with Gasteiger partial charge in [-0.15, -0.1) is 24.8 Å². The first-order valence-electron chi connectivity index (χ1n) is 11.1. The van der Waals surface area contributed by atoms with Crippen LogP contribution in [0.2, 0.25) is 0 Å². The van der Waals surface area contributed by atoms with E-state index < -0.39 is 18.0 Å². The van der Waals surface area contributed by atoms with Gasteiger partial charge >= 0.3 is 0 Å². The number of pyridine rings is 1. The van der Waals surface area contributed by atoms with Crippen molar-refractivity contribution in [2.45, 2.75) is 32.5 Å². The highest BCUT2D eigenvalue weighted by atomic mass is 35.5. The van der Waals surface area contributed by atoms with E-state index in [9.17, 15) is 9.59 Å². The van der Waals surface area contributed by atoms with Crippen LogP contribution in [0, 0.1) is 6.92 Å². The first-order chi connectivity index (χ1) is 15.8. The number of benzene rings is 2. The third-order valence-electron chi connectivity index (χ3n) is 6.40. The van der Waals surface area contributed by atoms with Gasteiger partial charge in [-0.05, 0) is 36.9 Å². The van der Waals surface area contributed by atoms with Crippen LogP contribution in [0.1, 0.15) is 18.2 Å². The molecule has 1 aliphatic heterocycles. The number of piperazine rings is 1. The lowest BCUT2D eigenvalue weighted by Gasteiger charge is -2.43. The number of hydrogen-bond donors (Lipinski definition) is 3. The monoisotopic (exact) mass is 518 g/mol. The number of hydrogen-bond acceptors (Lipinski definition) is 6. The van der Waals surface area contributed by atoms with E-state index in [4.69, 9.17) is 11.5 Å². The highest BCUT2D eigenvalue weighted by Crippen LogP contribution is 2.29.